The number of hydrogen-bond acceptors (Lipinski definition) is 5. The van der Waals surface area contributed by atoms with E-state index < -0.39 is 30.1 Å². The fourth-order valence-corrected chi connectivity index (χ4v) is 3.30. The predicted octanol–water partition coefficient (Wildman–Crippen LogP) is 2.09. The Morgan fingerprint density at radius 2 is 1.85 bits per heavy atom. The van der Waals surface area contributed by atoms with E-state index in [-0.39, 0.29) is 0 Å². The lowest BCUT2D eigenvalue weighted by Crippen LogP contribution is -2.50. The third-order valence-electron chi connectivity index (χ3n) is 4.68. The lowest BCUT2D eigenvalue weighted by molar-refractivity contribution is -0.144. The number of carboxylic acid groups (broad SMARTS) is 1. The van der Waals surface area contributed by atoms with Crippen LogP contribution in [-0.4, -0.2) is 35.8 Å². The molecule has 3 atom stereocenters. The van der Waals surface area contributed by atoms with Gasteiger partial charge < -0.3 is 24.6 Å². The van der Waals surface area contributed by atoms with Gasteiger partial charge in [0.15, 0.2) is 17.5 Å². The number of benzene rings is 2. The number of aliphatic carboxylic acids is 1. The molecule has 2 N–H and O–H groups in total. The van der Waals surface area contributed by atoms with E-state index in [1.807, 2.05) is 6.07 Å². The van der Waals surface area contributed by atoms with E-state index in [4.69, 9.17) is 14.2 Å². The maximum absolute atomic E-state index is 12.7. The Hall–Kier alpha value is -3.22. The van der Waals surface area contributed by atoms with Crippen LogP contribution in [0.3, 0.4) is 0 Å². The number of hydrogen-bond donors (Lipinski definition) is 2. The number of carbonyl (C=O) groups excluding carboxylic acids is 1. The van der Waals surface area contributed by atoms with Crippen molar-refractivity contribution in [1.29, 1.82) is 0 Å². The van der Waals surface area contributed by atoms with E-state index >= 15 is 0 Å². The molecule has 4 rings (SSSR count). The molecule has 2 aliphatic rings. The van der Waals surface area contributed by atoms with E-state index in [1.165, 1.54) is 0 Å². The van der Waals surface area contributed by atoms with Crippen molar-refractivity contribution in [2.24, 2.45) is 0 Å². The predicted molar refractivity (Wildman–Crippen MR) is 95.1 cm³/mol. The molecule has 3 unspecified atom stereocenters. The van der Waals surface area contributed by atoms with E-state index in [9.17, 15) is 14.7 Å². The van der Waals surface area contributed by atoms with Gasteiger partial charge in [-0.3, -0.25) is 4.79 Å². The van der Waals surface area contributed by atoms with Crippen LogP contribution < -0.4 is 19.5 Å². The second-order valence-electron chi connectivity index (χ2n) is 6.55. The highest BCUT2D eigenvalue weighted by atomic mass is 16.6. The molecule has 0 aromatic heterocycles. The van der Waals surface area contributed by atoms with Crippen molar-refractivity contribution in [2.75, 3.05) is 6.61 Å². The van der Waals surface area contributed by atoms with Gasteiger partial charge in [-0.05, 0) is 42.3 Å². The molecule has 2 aromatic rings. The summed E-state index contributed by atoms with van der Waals surface area (Å²) in [7, 11) is 0. The Balaban J connectivity index is 1.54. The molecule has 2 heterocycles. The van der Waals surface area contributed by atoms with Gasteiger partial charge in [0.2, 0.25) is 6.10 Å². The molecule has 0 radical (unpaired) electrons. The molecular formula is C20H19NO6. The minimum absolute atomic E-state index is 0.456. The fourth-order valence-electron chi connectivity index (χ4n) is 3.30. The van der Waals surface area contributed by atoms with E-state index in [2.05, 4.69) is 5.32 Å². The van der Waals surface area contributed by atoms with E-state index in [0.717, 1.165) is 17.7 Å². The van der Waals surface area contributed by atoms with Gasteiger partial charge >= 0.3 is 5.97 Å². The molecule has 140 valence electrons. The number of carboxylic acids is 1. The molecule has 2 aliphatic heterocycles. The van der Waals surface area contributed by atoms with Gasteiger partial charge in [-0.1, -0.05) is 18.2 Å². The molecule has 27 heavy (non-hydrogen) atoms. The summed E-state index contributed by atoms with van der Waals surface area (Å²) in [5, 5.41) is 12.2. The molecule has 1 amide bonds. The minimum Gasteiger partial charge on any atom is -0.493 e. The van der Waals surface area contributed by atoms with Gasteiger partial charge in [-0.25, -0.2) is 4.79 Å². The summed E-state index contributed by atoms with van der Waals surface area (Å²) in [5.41, 5.74) is 1.43. The molecule has 2 aromatic carbocycles. The number of fused-ring (bicyclic) bond motifs is 2. The van der Waals surface area contributed by atoms with Crippen LogP contribution in [0.15, 0.2) is 42.5 Å². The number of para-hydroxylation sites is 2. The summed E-state index contributed by atoms with van der Waals surface area (Å²) in [4.78, 5) is 24.5. The first-order valence-electron chi connectivity index (χ1n) is 8.74. The van der Waals surface area contributed by atoms with Crippen molar-refractivity contribution in [2.45, 2.75) is 31.6 Å². The second kappa shape index (κ2) is 6.83. The van der Waals surface area contributed by atoms with Crippen molar-refractivity contribution < 1.29 is 28.9 Å². The SMILES string of the molecule is CC1Oc2ccccc2OC1C(=O)NC(C(=O)O)c1ccc2c(c1)CCO2. The van der Waals surface area contributed by atoms with Crippen LogP contribution in [0.4, 0.5) is 0 Å². The standard InChI is InChI=1S/C20H19NO6/c1-11-18(27-16-5-3-2-4-15(16)26-11)19(22)21-17(20(23)24)13-6-7-14-12(10-13)8-9-25-14/h2-7,10-11,17-18H,8-9H2,1H3,(H,21,22)(H,23,24). The van der Waals surface area contributed by atoms with Crippen LogP contribution in [0.1, 0.15) is 24.1 Å². The molecule has 0 aliphatic carbocycles. The Morgan fingerprint density at radius 1 is 1.11 bits per heavy atom. The minimum atomic E-state index is -1.18. The van der Waals surface area contributed by atoms with Crippen LogP contribution in [-0.2, 0) is 16.0 Å². The smallest absolute Gasteiger partial charge is 0.330 e. The fraction of sp³-hybridized carbons (Fsp3) is 0.300. The second-order valence-corrected chi connectivity index (χ2v) is 6.55. The van der Waals surface area contributed by atoms with Crippen molar-refractivity contribution in [1.82, 2.24) is 5.32 Å². The van der Waals surface area contributed by atoms with Gasteiger partial charge in [0.05, 0.1) is 6.61 Å². The number of carbonyl (C=O) groups is 2. The molecule has 0 fully saturated rings. The largest absolute Gasteiger partial charge is 0.493 e. The van der Waals surface area contributed by atoms with Crippen molar-refractivity contribution in [3.05, 3.63) is 53.6 Å². The topological polar surface area (TPSA) is 94.1 Å². The average Bonchev–Trinajstić information content (AvgIpc) is 3.12. The molecule has 0 bridgehead atoms. The summed E-state index contributed by atoms with van der Waals surface area (Å²) in [5.74, 6) is 0.0800. The lowest BCUT2D eigenvalue weighted by atomic mass is 10.0. The van der Waals surface area contributed by atoms with Crippen LogP contribution in [0, 0.1) is 0 Å². The summed E-state index contributed by atoms with van der Waals surface area (Å²) in [6.07, 6.45) is -0.779. The number of amides is 1. The molecule has 7 nitrogen and oxygen atoms in total. The van der Waals surface area contributed by atoms with Crippen LogP contribution in [0.2, 0.25) is 0 Å². The normalized spacial score (nSPS) is 20.9. The van der Waals surface area contributed by atoms with Crippen LogP contribution in [0.25, 0.3) is 0 Å². The lowest BCUT2D eigenvalue weighted by Gasteiger charge is -2.31. The first-order valence-corrected chi connectivity index (χ1v) is 8.74. The van der Waals surface area contributed by atoms with Gasteiger partial charge in [0.1, 0.15) is 11.9 Å². The zero-order chi connectivity index (χ0) is 19.0. The summed E-state index contributed by atoms with van der Waals surface area (Å²) in [6.45, 7) is 2.29. The maximum atomic E-state index is 12.7. The monoisotopic (exact) mass is 369 g/mol. The maximum Gasteiger partial charge on any atom is 0.330 e. The highest BCUT2D eigenvalue weighted by Gasteiger charge is 2.36. The molecule has 0 saturated carbocycles. The highest BCUT2D eigenvalue weighted by molar-refractivity contribution is 5.88. The van der Waals surface area contributed by atoms with Gasteiger partial charge in [-0.15, -0.1) is 0 Å². The summed E-state index contributed by atoms with van der Waals surface area (Å²) >= 11 is 0. The molecule has 0 spiro atoms. The Labute approximate surface area is 155 Å². The summed E-state index contributed by atoms with van der Waals surface area (Å²) in [6, 6.07) is 11.0. The quantitative estimate of drug-likeness (QED) is 0.857. The molecule has 7 heteroatoms. The van der Waals surface area contributed by atoms with E-state index in [0.29, 0.717) is 23.7 Å². The average molecular weight is 369 g/mol. The first-order chi connectivity index (χ1) is 13.0. The van der Waals surface area contributed by atoms with Gasteiger partial charge in [0.25, 0.3) is 5.91 Å². The number of rotatable bonds is 4. The molecule has 0 saturated heterocycles. The van der Waals surface area contributed by atoms with Gasteiger partial charge in [-0.2, -0.15) is 0 Å². The van der Waals surface area contributed by atoms with Crippen molar-refractivity contribution >= 4 is 11.9 Å². The van der Waals surface area contributed by atoms with Gasteiger partial charge in [0, 0.05) is 6.42 Å². The Morgan fingerprint density at radius 3 is 2.59 bits per heavy atom. The Kier molecular flexibility index (Phi) is 4.35. The van der Waals surface area contributed by atoms with Crippen LogP contribution in [0.5, 0.6) is 17.2 Å². The van der Waals surface area contributed by atoms with Crippen molar-refractivity contribution in [3.8, 4) is 17.2 Å². The van der Waals surface area contributed by atoms with Crippen LogP contribution >= 0.6 is 0 Å². The zero-order valence-electron chi connectivity index (χ0n) is 14.7. The molecular weight excluding hydrogens is 350 g/mol. The van der Waals surface area contributed by atoms with Crippen molar-refractivity contribution in [3.63, 3.8) is 0 Å². The van der Waals surface area contributed by atoms with E-state index in [1.54, 1.807) is 43.3 Å². The summed E-state index contributed by atoms with van der Waals surface area (Å²) < 4.78 is 16.9. The highest BCUT2D eigenvalue weighted by Crippen LogP contribution is 2.34. The first kappa shape index (κ1) is 17.2. The zero-order valence-corrected chi connectivity index (χ0v) is 14.7. The number of nitrogens with one attached hydrogen (secondary N) is 1. The Bertz CT molecular complexity index is 896. The number of ether oxygens (including phenoxy) is 3. The third-order valence-corrected chi connectivity index (χ3v) is 4.68. The third kappa shape index (κ3) is 3.28.